The summed E-state index contributed by atoms with van der Waals surface area (Å²) in [6, 6.07) is 5.16. The minimum atomic E-state index is -0.361. The van der Waals surface area contributed by atoms with E-state index in [-0.39, 0.29) is 16.9 Å². The smallest absolute Gasteiger partial charge is 0.141 e. The fraction of sp³-hybridized carbons (Fsp3) is 0.538. The van der Waals surface area contributed by atoms with Crippen LogP contribution in [0.25, 0.3) is 0 Å². The molecule has 1 N–H and O–H groups in total. The number of nitrogens with one attached hydrogen (secondary N) is 1. The fourth-order valence-electron chi connectivity index (χ4n) is 1.73. The Labute approximate surface area is 108 Å². The van der Waals surface area contributed by atoms with E-state index < -0.39 is 0 Å². The maximum atomic E-state index is 13.1. The lowest BCUT2D eigenvalue weighted by Gasteiger charge is -2.25. The maximum absolute atomic E-state index is 13.1. The highest BCUT2D eigenvalue weighted by Crippen LogP contribution is 2.23. The Morgan fingerprint density at radius 3 is 2.76 bits per heavy atom. The van der Waals surface area contributed by atoms with E-state index in [0.717, 1.165) is 25.1 Å². The van der Waals surface area contributed by atoms with Crippen molar-refractivity contribution in [3.05, 3.63) is 34.6 Å². The summed E-state index contributed by atoms with van der Waals surface area (Å²) in [6.07, 6.45) is 1.09. The van der Waals surface area contributed by atoms with Crippen LogP contribution < -0.4 is 5.32 Å². The molecule has 0 radical (unpaired) electrons. The second kappa shape index (κ2) is 6.94. The Bertz CT molecular complexity index is 357. The van der Waals surface area contributed by atoms with Gasteiger partial charge in [-0.05, 0) is 58.2 Å². The van der Waals surface area contributed by atoms with Gasteiger partial charge in [-0.3, -0.25) is 4.90 Å². The second-order valence-electron chi connectivity index (χ2n) is 4.29. The summed E-state index contributed by atoms with van der Waals surface area (Å²) in [7, 11) is 4.01. The van der Waals surface area contributed by atoms with E-state index in [0.29, 0.717) is 0 Å². The molecule has 0 spiro atoms. The minimum Gasteiger partial charge on any atom is -0.320 e. The van der Waals surface area contributed by atoms with E-state index in [1.54, 1.807) is 12.1 Å². The van der Waals surface area contributed by atoms with Gasteiger partial charge in [0.2, 0.25) is 0 Å². The summed E-state index contributed by atoms with van der Waals surface area (Å²) in [5.41, 5.74) is 1.04. The molecule has 0 saturated heterocycles. The Morgan fingerprint density at radius 2 is 2.18 bits per heavy atom. The zero-order chi connectivity index (χ0) is 12.8. The van der Waals surface area contributed by atoms with E-state index in [1.165, 1.54) is 6.07 Å². The number of rotatable bonds is 6. The van der Waals surface area contributed by atoms with Crippen LogP contribution in [0.2, 0.25) is 5.02 Å². The molecule has 2 nitrogen and oxygen atoms in total. The number of benzene rings is 1. The van der Waals surface area contributed by atoms with Crippen molar-refractivity contribution in [3.8, 4) is 0 Å². The van der Waals surface area contributed by atoms with Crippen molar-refractivity contribution in [3.63, 3.8) is 0 Å². The van der Waals surface area contributed by atoms with Crippen LogP contribution in [0.15, 0.2) is 18.2 Å². The maximum Gasteiger partial charge on any atom is 0.141 e. The Morgan fingerprint density at radius 1 is 1.47 bits per heavy atom. The predicted octanol–water partition coefficient (Wildman–Crippen LogP) is 3.08. The highest BCUT2D eigenvalue weighted by atomic mass is 35.5. The zero-order valence-electron chi connectivity index (χ0n) is 10.6. The van der Waals surface area contributed by atoms with E-state index in [4.69, 9.17) is 11.6 Å². The van der Waals surface area contributed by atoms with Crippen molar-refractivity contribution in [2.45, 2.75) is 19.4 Å². The highest BCUT2D eigenvalue weighted by Gasteiger charge is 2.12. The second-order valence-corrected chi connectivity index (χ2v) is 4.69. The third-order valence-electron chi connectivity index (χ3n) is 3.02. The van der Waals surface area contributed by atoms with Gasteiger partial charge < -0.3 is 5.32 Å². The summed E-state index contributed by atoms with van der Waals surface area (Å²) in [4.78, 5) is 2.24. The van der Waals surface area contributed by atoms with E-state index >= 15 is 0 Å². The molecule has 0 saturated carbocycles. The molecule has 0 heterocycles. The molecule has 0 bridgehead atoms. The Hall–Kier alpha value is -0.640. The largest absolute Gasteiger partial charge is 0.320 e. The molecule has 0 aliphatic heterocycles. The van der Waals surface area contributed by atoms with Gasteiger partial charge in [0.1, 0.15) is 5.82 Å². The molecule has 1 unspecified atom stereocenters. The molecule has 1 aromatic rings. The van der Waals surface area contributed by atoms with Crippen molar-refractivity contribution in [1.82, 2.24) is 10.2 Å². The molecule has 1 aromatic carbocycles. The number of nitrogens with zero attached hydrogens (tertiary/aromatic N) is 1. The first-order valence-electron chi connectivity index (χ1n) is 5.86. The third kappa shape index (κ3) is 4.26. The monoisotopic (exact) mass is 258 g/mol. The van der Waals surface area contributed by atoms with Crippen molar-refractivity contribution < 1.29 is 4.39 Å². The van der Waals surface area contributed by atoms with E-state index in [1.807, 2.05) is 7.05 Å². The highest BCUT2D eigenvalue weighted by molar-refractivity contribution is 6.30. The fourth-order valence-corrected chi connectivity index (χ4v) is 1.91. The molecule has 0 aliphatic rings. The van der Waals surface area contributed by atoms with Crippen LogP contribution in [0.1, 0.15) is 24.9 Å². The SMILES string of the molecule is CNCCCN(C)C(C)c1ccc(F)c(Cl)c1. The summed E-state index contributed by atoms with van der Waals surface area (Å²) in [6.45, 7) is 4.10. The molecule has 0 amide bonds. The van der Waals surface area contributed by atoms with Crippen LogP contribution in [-0.4, -0.2) is 32.1 Å². The quantitative estimate of drug-likeness (QED) is 0.789. The van der Waals surface area contributed by atoms with Crippen molar-refractivity contribution in [1.29, 1.82) is 0 Å². The van der Waals surface area contributed by atoms with Crippen LogP contribution in [0.5, 0.6) is 0 Å². The summed E-state index contributed by atoms with van der Waals surface area (Å²) >= 11 is 5.79. The van der Waals surface area contributed by atoms with Crippen LogP contribution in [0, 0.1) is 5.82 Å². The summed E-state index contributed by atoms with van der Waals surface area (Å²) < 4.78 is 13.1. The topological polar surface area (TPSA) is 15.3 Å². The van der Waals surface area contributed by atoms with Crippen molar-refractivity contribution >= 4 is 11.6 Å². The summed E-state index contributed by atoms with van der Waals surface area (Å²) in [5, 5.41) is 3.31. The number of hydrogen-bond donors (Lipinski definition) is 1. The Kier molecular flexibility index (Phi) is 5.89. The average molecular weight is 259 g/mol. The number of hydrogen-bond acceptors (Lipinski definition) is 2. The molecule has 4 heteroatoms. The molecule has 0 aromatic heterocycles. The van der Waals surface area contributed by atoms with E-state index in [2.05, 4.69) is 24.2 Å². The van der Waals surface area contributed by atoms with Crippen LogP contribution >= 0.6 is 11.6 Å². The first-order valence-corrected chi connectivity index (χ1v) is 6.24. The average Bonchev–Trinajstić information content (AvgIpc) is 2.32. The third-order valence-corrected chi connectivity index (χ3v) is 3.31. The molecule has 0 aliphatic carbocycles. The van der Waals surface area contributed by atoms with Crippen LogP contribution in [0.3, 0.4) is 0 Å². The molecular weight excluding hydrogens is 239 g/mol. The van der Waals surface area contributed by atoms with Crippen molar-refractivity contribution in [2.75, 3.05) is 27.2 Å². The van der Waals surface area contributed by atoms with Gasteiger partial charge in [0.25, 0.3) is 0 Å². The van der Waals surface area contributed by atoms with Gasteiger partial charge >= 0.3 is 0 Å². The first-order chi connectivity index (χ1) is 8.06. The lowest BCUT2D eigenvalue weighted by Crippen LogP contribution is -2.25. The molecule has 1 rings (SSSR count). The lowest BCUT2D eigenvalue weighted by molar-refractivity contribution is 0.258. The normalized spacial score (nSPS) is 13.1. The Balaban J connectivity index is 2.61. The van der Waals surface area contributed by atoms with Gasteiger partial charge in [-0.2, -0.15) is 0 Å². The van der Waals surface area contributed by atoms with Gasteiger partial charge in [-0.1, -0.05) is 17.7 Å². The van der Waals surface area contributed by atoms with Crippen molar-refractivity contribution in [2.24, 2.45) is 0 Å². The molecule has 0 fully saturated rings. The van der Waals surface area contributed by atoms with Crippen LogP contribution in [0.4, 0.5) is 4.39 Å². The van der Waals surface area contributed by atoms with Gasteiger partial charge in [0, 0.05) is 6.04 Å². The van der Waals surface area contributed by atoms with Crippen LogP contribution in [-0.2, 0) is 0 Å². The molecule has 17 heavy (non-hydrogen) atoms. The van der Waals surface area contributed by atoms with Gasteiger partial charge in [0.05, 0.1) is 5.02 Å². The molecule has 96 valence electrons. The lowest BCUT2D eigenvalue weighted by atomic mass is 10.1. The predicted molar refractivity (Wildman–Crippen MR) is 71.0 cm³/mol. The minimum absolute atomic E-state index is 0.193. The standard InChI is InChI=1S/C13H20ClFN2/c1-10(17(3)8-4-7-16-2)11-5-6-13(15)12(14)9-11/h5-6,9-10,16H,4,7-8H2,1-3H3. The number of halogens is 2. The molecular formula is C13H20ClFN2. The summed E-state index contributed by atoms with van der Waals surface area (Å²) in [5.74, 6) is -0.361. The van der Waals surface area contributed by atoms with Gasteiger partial charge in [-0.15, -0.1) is 0 Å². The molecule has 1 atom stereocenters. The van der Waals surface area contributed by atoms with Gasteiger partial charge in [-0.25, -0.2) is 4.39 Å². The zero-order valence-corrected chi connectivity index (χ0v) is 11.4. The first kappa shape index (κ1) is 14.4. The van der Waals surface area contributed by atoms with Gasteiger partial charge in [0.15, 0.2) is 0 Å². The van der Waals surface area contributed by atoms with E-state index in [9.17, 15) is 4.39 Å².